The molecule has 1 aliphatic rings. The first kappa shape index (κ1) is 13.5. The minimum Gasteiger partial charge on any atom is -0.304 e. The summed E-state index contributed by atoms with van der Waals surface area (Å²) in [5, 5.41) is 9.11. The molecule has 0 aliphatic carbocycles. The van der Waals surface area contributed by atoms with Crippen molar-refractivity contribution in [2.75, 3.05) is 39.8 Å². The number of benzene rings is 1. The van der Waals surface area contributed by atoms with Crippen LogP contribution in [0.15, 0.2) is 48.7 Å². The van der Waals surface area contributed by atoms with Gasteiger partial charge < -0.3 is 4.90 Å². The average Bonchev–Trinajstić information content (AvgIpc) is 2.73. The second-order valence-corrected chi connectivity index (χ2v) is 6.86. The Balaban J connectivity index is 1.57. The summed E-state index contributed by atoms with van der Waals surface area (Å²) in [4.78, 5) is 20.7. The lowest BCUT2D eigenvalue weighted by molar-refractivity contribution is -0.120. The molecule has 1 aliphatic heterocycles. The third-order valence-electron chi connectivity index (χ3n) is 4.77. The molecule has 3 aromatic rings. The van der Waals surface area contributed by atoms with Crippen LogP contribution in [0.4, 0.5) is 0 Å². The van der Waals surface area contributed by atoms with Crippen LogP contribution in [0.5, 0.6) is 0 Å². The molecule has 0 N–H and O–H groups in total. The van der Waals surface area contributed by atoms with Crippen LogP contribution in [0.3, 0.4) is 0 Å². The van der Waals surface area contributed by atoms with E-state index in [2.05, 4.69) is 32.0 Å². The fourth-order valence-electron chi connectivity index (χ4n) is 3.21. The van der Waals surface area contributed by atoms with Gasteiger partial charge in [0.15, 0.2) is 5.78 Å². The van der Waals surface area contributed by atoms with Gasteiger partial charge in [-0.25, -0.2) is 0 Å². The molecular formula is C21H23N5O. The van der Waals surface area contributed by atoms with Gasteiger partial charge in [0.1, 0.15) is 0 Å². The van der Waals surface area contributed by atoms with E-state index in [4.69, 9.17) is 5.48 Å². The van der Waals surface area contributed by atoms with Gasteiger partial charge in [-0.1, -0.05) is 12.1 Å². The molecular weight excluding hydrogens is 338 g/mol. The molecule has 1 fully saturated rings. The maximum atomic E-state index is 12.5. The minimum atomic E-state index is -0.383. The molecule has 0 unspecified atom stereocenters. The Morgan fingerprint density at radius 3 is 2.85 bits per heavy atom. The normalized spacial score (nSPS) is 18.0. The summed E-state index contributed by atoms with van der Waals surface area (Å²) in [5.74, 6) is 0.0883. The van der Waals surface area contributed by atoms with Gasteiger partial charge in [-0.15, -0.1) is 0 Å². The number of ketones is 1. The second kappa shape index (κ2) is 7.90. The average molecular weight is 365 g/mol. The second-order valence-electron chi connectivity index (χ2n) is 6.86. The highest BCUT2D eigenvalue weighted by atomic mass is 16.1. The molecule has 0 spiro atoms. The van der Waals surface area contributed by atoms with Gasteiger partial charge >= 0.3 is 0 Å². The number of piperazine rings is 1. The molecule has 0 atom stereocenters. The number of rotatable bonds is 5. The number of aromatic nitrogens is 3. The molecule has 6 nitrogen and oxygen atoms in total. The van der Waals surface area contributed by atoms with Crippen molar-refractivity contribution in [2.24, 2.45) is 0 Å². The van der Waals surface area contributed by atoms with E-state index in [-0.39, 0.29) is 42.2 Å². The molecule has 0 saturated carbocycles. The van der Waals surface area contributed by atoms with E-state index in [1.165, 1.54) is 0 Å². The predicted octanol–water partition coefficient (Wildman–Crippen LogP) is 2.05. The van der Waals surface area contributed by atoms with E-state index in [0.717, 1.165) is 31.6 Å². The summed E-state index contributed by atoms with van der Waals surface area (Å²) in [6.07, 6.45) is -0.403. The maximum Gasteiger partial charge on any atom is 0.152 e. The quantitative estimate of drug-likeness (QED) is 0.690. The monoisotopic (exact) mass is 365 g/mol. The molecule has 4 rings (SSSR count). The fourth-order valence-corrected chi connectivity index (χ4v) is 3.21. The summed E-state index contributed by atoms with van der Waals surface area (Å²) in [5.41, 5.74) is 1.95. The van der Waals surface area contributed by atoms with E-state index in [1.807, 2.05) is 0 Å². The number of carbonyl (C=O) groups is 1. The van der Waals surface area contributed by atoms with Crippen LogP contribution in [-0.2, 0) is 11.2 Å². The van der Waals surface area contributed by atoms with Crippen molar-refractivity contribution >= 4 is 16.7 Å². The molecule has 138 valence electrons. The van der Waals surface area contributed by atoms with Crippen molar-refractivity contribution in [3.05, 3.63) is 54.4 Å². The molecule has 1 aromatic carbocycles. The minimum absolute atomic E-state index is 0.0883. The first-order chi connectivity index (χ1) is 14.8. The van der Waals surface area contributed by atoms with Crippen molar-refractivity contribution in [3.8, 4) is 11.1 Å². The van der Waals surface area contributed by atoms with Crippen LogP contribution in [-0.4, -0.2) is 70.5 Å². The van der Waals surface area contributed by atoms with Gasteiger partial charge in [0.2, 0.25) is 0 Å². The zero-order chi connectivity index (χ0) is 22.1. The summed E-state index contributed by atoms with van der Waals surface area (Å²) < 4.78 is 31.6. The zero-order valence-corrected chi connectivity index (χ0v) is 15.2. The van der Waals surface area contributed by atoms with Gasteiger partial charge in [-0.05, 0) is 36.9 Å². The van der Waals surface area contributed by atoms with Crippen LogP contribution in [0.2, 0.25) is 0 Å². The number of hydrogen-bond acceptors (Lipinski definition) is 6. The van der Waals surface area contributed by atoms with E-state index < -0.39 is 0 Å². The highest BCUT2D eigenvalue weighted by Gasteiger charge is 2.17. The third kappa shape index (κ3) is 4.35. The molecule has 0 bridgehead atoms. The number of carbonyl (C=O) groups excluding carboxylic acids is 1. The Labute approximate surface area is 164 Å². The van der Waals surface area contributed by atoms with Crippen LogP contribution < -0.4 is 0 Å². The molecule has 0 amide bonds. The van der Waals surface area contributed by atoms with Crippen molar-refractivity contribution < 1.29 is 10.3 Å². The van der Waals surface area contributed by atoms with Gasteiger partial charge in [-0.2, -0.15) is 10.2 Å². The number of fused-ring (bicyclic) bond motifs is 1. The first-order valence-electron chi connectivity index (χ1n) is 11.0. The lowest BCUT2D eigenvalue weighted by Crippen LogP contribution is -2.46. The Hall–Kier alpha value is -2.70. The first-order valence-corrected chi connectivity index (χ1v) is 8.95. The van der Waals surface area contributed by atoms with E-state index in [0.29, 0.717) is 23.3 Å². The van der Waals surface area contributed by atoms with Crippen LogP contribution >= 0.6 is 0 Å². The van der Waals surface area contributed by atoms with Crippen LogP contribution in [0.1, 0.15) is 11.2 Å². The highest BCUT2D eigenvalue weighted by Crippen LogP contribution is 2.23. The lowest BCUT2D eigenvalue weighted by atomic mass is 10.0. The third-order valence-corrected chi connectivity index (χ3v) is 4.77. The number of pyridine rings is 1. The molecule has 2 aromatic heterocycles. The fraction of sp³-hybridized carbons (Fsp3) is 0.333. The predicted molar refractivity (Wildman–Crippen MR) is 105 cm³/mol. The summed E-state index contributed by atoms with van der Waals surface area (Å²) in [7, 11) is 2.08. The van der Waals surface area contributed by atoms with Crippen LogP contribution in [0, 0.1) is 0 Å². The molecule has 3 heterocycles. The molecule has 6 heteroatoms. The number of hydrogen-bond donors (Lipinski definition) is 0. The molecule has 1 saturated heterocycles. The Bertz CT molecular complexity index is 1150. The number of nitrogens with zero attached hydrogens (tertiary/aromatic N) is 5. The summed E-state index contributed by atoms with van der Waals surface area (Å²) >= 11 is 0. The Morgan fingerprint density at radius 1 is 1.15 bits per heavy atom. The molecule has 0 radical (unpaired) electrons. The maximum absolute atomic E-state index is 12.5. The molecule has 27 heavy (non-hydrogen) atoms. The van der Waals surface area contributed by atoms with Gasteiger partial charge in [0.05, 0.1) is 29.7 Å². The summed E-state index contributed by atoms with van der Waals surface area (Å²) in [6.45, 7) is 4.07. The van der Waals surface area contributed by atoms with Gasteiger partial charge in [0.25, 0.3) is 0 Å². The Morgan fingerprint density at radius 2 is 2.00 bits per heavy atom. The Kier molecular flexibility index (Phi) is 3.94. The van der Waals surface area contributed by atoms with Gasteiger partial charge in [-0.3, -0.25) is 14.7 Å². The van der Waals surface area contributed by atoms with Crippen molar-refractivity contribution in [3.63, 3.8) is 0 Å². The number of likely N-dealkylation sites (N-methyl/N-ethyl adjacent to an activating group) is 1. The van der Waals surface area contributed by atoms with E-state index >= 15 is 0 Å². The largest absolute Gasteiger partial charge is 0.304 e. The van der Waals surface area contributed by atoms with Crippen molar-refractivity contribution in [1.82, 2.24) is 25.0 Å². The number of Topliss-reactive ketones (excluding diaryl/α,β-unsaturated/α-hetero) is 1. The standard InChI is InChI=1S/C21H23N5O/c1-25-7-9-26(10-8-25)15-20(27)13-19-12-18-11-16(4-5-21(18)24-23-19)17-3-2-6-22-14-17/h2-6,11-12,14H,7-10,13,15H2,1H3/i2D,3D,6D,14D. The summed E-state index contributed by atoms with van der Waals surface area (Å²) in [6, 6.07) is 6.47. The van der Waals surface area contributed by atoms with E-state index in [1.54, 1.807) is 24.3 Å². The lowest BCUT2D eigenvalue weighted by Gasteiger charge is -2.31. The van der Waals surface area contributed by atoms with Gasteiger partial charge in [0, 0.05) is 49.5 Å². The topological polar surface area (TPSA) is 62.2 Å². The SMILES string of the molecule is [2H]c1nc([2H])c(-c2ccc3nnc(CC(=O)CN4CCN(C)CC4)cc3c2)c([2H])c1[2H]. The highest BCUT2D eigenvalue weighted by molar-refractivity contribution is 5.86. The van der Waals surface area contributed by atoms with Crippen molar-refractivity contribution in [1.29, 1.82) is 0 Å². The smallest absolute Gasteiger partial charge is 0.152 e. The zero-order valence-electron chi connectivity index (χ0n) is 19.2. The van der Waals surface area contributed by atoms with E-state index in [9.17, 15) is 4.79 Å². The van der Waals surface area contributed by atoms with Crippen LogP contribution in [0.25, 0.3) is 22.0 Å². The van der Waals surface area contributed by atoms with Crippen molar-refractivity contribution in [2.45, 2.75) is 6.42 Å².